The first-order valence-corrected chi connectivity index (χ1v) is 7.83. The Balaban J connectivity index is 1.61. The normalized spacial score (nSPS) is 10.5. The molecule has 3 rings (SSSR count). The number of carbonyl (C=O) groups is 1. The van der Waals surface area contributed by atoms with Crippen molar-refractivity contribution in [2.75, 3.05) is 11.9 Å². The number of amides is 1. The molecule has 0 bridgehead atoms. The second-order valence-corrected chi connectivity index (χ2v) is 5.71. The van der Waals surface area contributed by atoms with Gasteiger partial charge in [0.2, 0.25) is 5.95 Å². The van der Waals surface area contributed by atoms with E-state index >= 15 is 0 Å². The van der Waals surface area contributed by atoms with Crippen LogP contribution in [0.15, 0.2) is 42.5 Å². The molecule has 0 unspecified atom stereocenters. The third-order valence-corrected chi connectivity index (χ3v) is 3.74. The maximum atomic E-state index is 13.0. The van der Waals surface area contributed by atoms with Crippen molar-refractivity contribution in [1.82, 2.24) is 15.2 Å². The molecule has 0 radical (unpaired) electrons. The molecule has 1 amide bonds. The van der Waals surface area contributed by atoms with Crippen LogP contribution in [0.5, 0.6) is 5.75 Å². The molecule has 0 aliphatic carbocycles. The lowest BCUT2D eigenvalue weighted by Gasteiger charge is -2.07. The van der Waals surface area contributed by atoms with Crippen molar-refractivity contribution >= 4 is 35.1 Å². The zero-order chi connectivity index (χ0) is 17.8. The van der Waals surface area contributed by atoms with Crippen LogP contribution in [0.25, 0.3) is 11.4 Å². The molecule has 128 valence electrons. The van der Waals surface area contributed by atoms with Crippen LogP contribution in [0.3, 0.4) is 0 Å². The van der Waals surface area contributed by atoms with Crippen LogP contribution < -0.4 is 10.1 Å². The van der Waals surface area contributed by atoms with Crippen LogP contribution in [-0.4, -0.2) is 27.7 Å². The molecule has 0 spiro atoms. The number of anilines is 1. The van der Waals surface area contributed by atoms with E-state index in [1.807, 2.05) is 6.07 Å². The number of H-pyrrole nitrogens is 1. The number of benzene rings is 2. The first kappa shape index (κ1) is 17.2. The van der Waals surface area contributed by atoms with Gasteiger partial charge in [-0.1, -0.05) is 35.3 Å². The number of hydrogen-bond acceptors (Lipinski definition) is 4. The van der Waals surface area contributed by atoms with E-state index in [0.717, 1.165) is 6.07 Å². The average molecular weight is 381 g/mol. The van der Waals surface area contributed by atoms with Gasteiger partial charge in [-0.3, -0.25) is 15.2 Å². The van der Waals surface area contributed by atoms with E-state index in [0.29, 0.717) is 16.4 Å². The van der Waals surface area contributed by atoms with Crippen molar-refractivity contribution in [1.29, 1.82) is 0 Å². The number of carbonyl (C=O) groups excluding carboxylic acids is 1. The monoisotopic (exact) mass is 380 g/mol. The van der Waals surface area contributed by atoms with E-state index in [2.05, 4.69) is 20.5 Å². The maximum absolute atomic E-state index is 13.0. The fourth-order valence-corrected chi connectivity index (χ4v) is 2.43. The van der Waals surface area contributed by atoms with Gasteiger partial charge in [-0.25, -0.2) is 4.39 Å². The Labute approximate surface area is 151 Å². The highest BCUT2D eigenvalue weighted by atomic mass is 35.5. The summed E-state index contributed by atoms with van der Waals surface area (Å²) in [5, 5.41) is 9.65. The largest absolute Gasteiger partial charge is 0.482 e. The number of halogens is 3. The van der Waals surface area contributed by atoms with Gasteiger partial charge in [0, 0.05) is 5.56 Å². The molecule has 0 atom stereocenters. The molecule has 0 saturated heterocycles. The van der Waals surface area contributed by atoms with Gasteiger partial charge in [-0.2, -0.15) is 4.98 Å². The standard InChI is InChI=1S/C16H11Cl2FN4O2/c17-11-4-2-1-3-10(11)15-21-16(23-22-15)20-14(24)8-25-13-6-5-9(19)7-12(13)18/h1-7H,8H2,(H2,20,21,22,23,24). The third-order valence-electron chi connectivity index (χ3n) is 3.12. The van der Waals surface area contributed by atoms with Crippen LogP contribution >= 0.6 is 23.2 Å². The number of aromatic amines is 1. The van der Waals surface area contributed by atoms with Crippen molar-refractivity contribution in [3.05, 3.63) is 58.3 Å². The summed E-state index contributed by atoms with van der Waals surface area (Å²) < 4.78 is 18.2. The number of hydrogen-bond donors (Lipinski definition) is 2. The first-order chi connectivity index (χ1) is 12.0. The van der Waals surface area contributed by atoms with E-state index < -0.39 is 11.7 Å². The first-order valence-electron chi connectivity index (χ1n) is 7.08. The van der Waals surface area contributed by atoms with E-state index in [1.165, 1.54) is 12.1 Å². The van der Waals surface area contributed by atoms with Gasteiger partial charge in [0.25, 0.3) is 5.91 Å². The smallest absolute Gasteiger partial charge is 0.264 e. The summed E-state index contributed by atoms with van der Waals surface area (Å²) in [4.78, 5) is 16.1. The quantitative estimate of drug-likeness (QED) is 0.702. The van der Waals surface area contributed by atoms with E-state index in [9.17, 15) is 9.18 Å². The second kappa shape index (κ2) is 7.50. The predicted molar refractivity (Wildman–Crippen MR) is 92.4 cm³/mol. The van der Waals surface area contributed by atoms with Crippen molar-refractivity contribution in [3.8, 4) is 17.1 Å². The molecule has 0 aliphatic heterocycles. The van der Waals surface area contributed by atoms with Crippen LogP contribution in [0.2, 0.25) is 10.0 Å². The van der Waals surface area contributed by atoms with Crippen molar-refractivity contribution < 1.29 is 13.9 Å². The number of rotatable bonds is 5. The lowest BCUT2D eigenvalue weighted by Crippen LogP contribution is -2.21. The molecule has 0 saturated carbocycles. The van der Waals surface area contributed by atoms with Gasteiger partial charge in [0.05, 0.1) is 10.0 Å². The molecular formula is C16H11Cl2FN4O2. The topological polar surface area (TPSA) is 79.9 Å². The van der Waals surface area contributed by atoms with Crippen molar-refractivity contribution in [2.24, 2.45) is 0 Å². The summed E-state index contributed by atoms with van der Waals surface area (Å²) in [5.41, 5.74) is 0.659. The lowest BCUT2D eigenvalue weighted by molar-refractivity contribution is -0.118. The van der Waals surface area contributed by atoms with Crippen LogP contribution in [0.1, 0.15) is 0 Å². The van der Waals surface area contributed by atoms with Gasteiger partial charge in [-0.05, 0) is 30.3 Å². The van der Waals surface area contributed by atoms with Crippen LogP contribution in [-0.2, 0) is 4.79 Å². The van der Waals surface area contributed by atoms with E-state index in [4.69, 9.17) is 27.9 Å². The Hall–Kier alpha value is -2.64. The molecular weight excluding hydrogens is 370 g/mol. The highest BCUT2D eigenvalue weighted by molar-refractivity contribution is 6.33. The number of aromatic nitrogens is 3. The summed E-state index contributed by atoms with van der Waals surface area (Å²) in [6, 6.07) is 10.7. The van der Waals surface area contributed by atoms with Gasteiger partial charge in [-0.15, -0.1) is 5.10 Å². The molecule has 1 aromatic heterocycles. The molecule has 1 heterocycles. The second-order valence-electron chi connectivity index (χ2n) is 4.90. The van der Waals surface area contributed by atoms with Crippen molar-refractivity contribution in [2.45, 2.75) is 0 Å². The highest BCUT2D eigenvalue weighted by Crippen LogP contribution is 2.26. The molecule has 2 aromatic carbocycles. The van der Waals surface area contributed by atoms with Crippen LogP contribution in [0, 0.1) is 5.82 Å². The van der Waals surface area contributed by atoms with Crippen molar-refractivity contribution in [3.63, 3.8) is 0 Å². The lowest BCUT2D eigenvalue weighted by atomic mass is 10.2. The third kappa shape index (κ3) is 4.26. The van der Waals surface area contributed by atoms with E-state index in [1.54, 1.807) is 18.2 Å². The minimum Gasteiger partial charge on any atom is -0.482 e. The maximum Gasteiger partial charge on any atom is 0.264 e. The van der Waals surface area contributed by atoms with E-state index in [-0.39, 0.29) is 23.3 Å². The minimum absolute atomic E-state index is 0.0756. The van der Waals surface area contributed by atoms with Crippen LogP contribution in [0.4, 0.5) is 10.3 Å². The fourth-order valence-electron chi connectivity index (χ4n) is 1.99. The Morgan fingerprint density at radius 2 is 2.00 bits per heavy atom. The molecule has 3 aromatic rings. The minimum atomic E-state index is -0.495. The summed E-state index contributed by atoms with van der Waals surface area (Å²) in [6.45, 7) is -0.332. The Bertz CT molecular complexity index is 917. The fraction of sp³-hybridized carbons (Fsp3) is 0.0625. The summed E-state index contributed by atoms with van der Waals surface area (Å²) in [6.07, 6.45) is 0. The SMILES string of the molecule is O=C(COc1ccc(F)cc1Cl)Nc1n[nH]c(-c2ccccc2Cl)n1. The highest BCUT2D eigenvalue weighted by Gasteiger charge is 2.12. The predicted octanol–water partition coefficient (Wildman–Crippen LogP) is 3.94. The molecule has 0 aliphatic rings. The van der Waals surface area contributed by atoms with Gasteiger partial charge in [0.15, 0.2) is 12.4 Å². The zero-order valence-electron chi connectivity index (χ0n) is 12.6. The number of ether oxygens (including phenoxy) is 1. The summed E-state index contributed by atoms with van der Waals surface area (Å²) in [5.74, 6) is -0.290. The average Bonchev–Trinajstić information content (AvgIpc) is 3.02. The number of nitrogens with one attached hydrogen (secondary N) is 2. The van der Waals surface area contributed by atoms with Gasteiger partial charge < -0.3 is 4.74 Å². The Morgan fingerprint density at radius 3 is 2.76 bits per heavy atom. The summed E-state index contributed by atoms with van der Waals surface area (Å²) in [7, 11) is 0. The molecule has 6 nitrogen and oxygen atoms in total. The number of nitrogens with zero attached hydrogens (tertiary/aromatic N) is 2. The molecule has 25 heavy (non-hydrogen) atoms. The summed E-state index contributed by atoms with van der Waals surface area (Å²) >= 11 is 11.9. The zero-order valence-corrected chi connectivity index (χ0v) is 14.1. The Morgan fingerprint density at radius 1 is 1.20 bits per heavy atom. The van der Waals surface area contributed by atoms with Gasteiger partial charge >= 0.3 is 0 Å². The molecule has 9 heteroatoms. The molecule has 0 fully saturated rings. The van der Waals surface area contributed by atoms with Gasteiger partial charge in [0.1, 0.15) is 11.6 Å². The molecule has 2 N–H and O–H groups in total. The Kier molecular flexibility index (Phi) is 5.16.